The highest BCUT2D eigenvalue weighted by molar-refractivity contribution is 6.07. The predicted molar refractivity (Wildman–Crippen MR) is 102 cm³/mol. The molecule has 0 spiro atoms. The van der Waals surface area contributed by atoms with Gasteiger partial charge in [0.05, 0.1) is 6.20 Å². The van der Waals surface area contributed by atoms with Crippen LogP contribution in [0, 0.1) is 0 Å². The minimum atomic E-state index is -0.220. The monoisotopic (exact) mass is 360 g/mol. The Morgan fingerprint density at radius 2 is 1.78 bits per heavy atom. The van der Waals surface area contributed by atoms with Crippen molar-refractivity contribution in [2.75, 3.05) is 13.1 Å². The van der Waals surface area contributed by atoms with Crippen LogP contribution in [0.2, 0.25) is 0 Å². The maximum atomic E-state index is 13.0. The van der Waals surface area contributed by atoms with Crippen molar-refractivity contribution in [3.63, 3.8) is 0 Å². The smallest absolute Gasteiger partial charge is 0.271 e. The van der Waals surface area contributed by atoms with Crippen molar-refractivity contribution in [1.29, 1.82) is 0 Å². The van der Waals surface area contributed by atoms with Crippen LogP contribution in [0.3, 0.4) is 0 Å². The molecule has 2 aromatic carbocycles. The Morgan fingerprint density at radius 3 is 2.56 bits per heavy atom. The fourth-order valence-corrected chi connectivity index (χ4v) is 3.48. The molecule has 3 aromatic rings. The van der Waals surface area contributed by atoms with Gasteiger partial charge >= 0.3 is 0 Å². The molecule has 1 saturated heterocycles. The normalized spacial score (nSPS) is 14.9. The van der Waals surface area contributed by atoms with E-state index in [2.05, 4.69) is 15.3 Å². The average molecular weight is 360 g/mol. The van der Waals surface area contributed by atoms with E-state index in [-0.39, 0.29) is 17.9 Å². The number of piperidine rings is 1. The van der Waals surface area contributed by atoms with Crippen molar-refractivity contribution >= 4 is 22.6 Å². The second-order valence-electron chi connectivity index (χ2n) is 6.66. The summed E-state index contributed by atoms with van der Waals surface area (Å²) in [6.45, 7) is 1.24. The standard InChI is InChI=1S/C21H20N4O2/c26-20(19-14-22-10-11-23-19)24-16-8-12-25(13-9-16)21(27)18-7-3-5-15-4-1-2-6-17(15)18/h1-7,10-11,14,16H,8-9,12-13H2,(H,24,26). The predicted octanol–water partition coefficient (Wildman–Crippen LogP) is 2.66. The average Bonchev–Trinajstić information content (AvgIpc) is 2.74. The van der Waals surface area contributed by atoms with E-state index in [1.807, 2.05) is 47.4 Å². The number of hydrogen-bond donors (Lipinski definition) is 1. The van der Waals surface area contributed by atoms with Crippen molar-refractivity contribution in [3.8, 4) is 0 Å². The Morgan fingerprint density at radius 1 is 1.00 bits per heavy atom. The van der Waals surface area contributed by atoms with E-state index >= 15 is 0 Å². The van der Waals surface area contributed by atoms with Gasteiger partial charge in [0, 0.05) is 37.1 Å². The molecule has 6 heteroatoms. The van der Waals surface area contributed by atoms with Crippen LogP contribution in [-0.2, 0) is 0 Å². The molecule has 0 atom stereocenters. The number of likely N-dealkylation sites (tertiary alicyclic amines) is 1. The van der Waals surface area contributed by atoms with Crippen LogP contribution in [0.25, 0.3) is 10.8 Å². The van der Waals surface area contributed by atoms with E-state index in [0.29, 0.717) is 18.8 Å². The van der Waals surface area contributed by atoms with Crippen LogP contribution in [-0.4, -0.2) is 45.8 Å². The molecule has 0 unspecified atom stereocenters. The van der Waals surface area contributed by atoms with Crippen molar-refractivity contribution in [2.24, 2.45) is 0 Å². The number of nitrogens with one attached hydrogen (secondary N) is 1. The SMILES string of the molecule is O=C(NC1CCN(C(=O)c2cccc3ccccc23)CC1)c1cnccn1. The van der Waals surface area contributed by atoms with Crippen LogP contribution >= 0.6 is 0 Å². The van der Waals surface area contributed by atoms with Crippen molar-refractivity contribution in [2.45, 2.75) is 18.9 Å². The first-order chi connectivity index (χ1) is 13.2. The quantitative estimate of drug-likeness (QED) is 0.779. The lowest BCUT2D eigenvalue weighted by Gasteiger charge is -2.32. The summed E-state index contributed by atoms with van der Waals surface area (Å²) < 4.78 is 0. The summed E-state index contributed by atoms with van der Waals surface area (Å²) in [5.41, 5.74) is 1.04. The zero-order valence-electron chi connectivity index (χ0n) is 14.8. The molecule has 2 amide bonds. The van der Waals surface area contributed by atoms with Gasteiger partial charge < -0.3 is 10.2 Å². The highest BCUT2D eigenvalue weighted by atomic mass is 16.2. The molecule has 0 bridgehead atoms. The Kier molecular flexibility index (Phi) is 4.78. The van der Waals surface area contributed by atoms with Crippen LogP contribution < -0.4 is 5.32 Å². The number of carbonyl (C=O) groups excluding carboxylic acids is 2. The van der Waals surface area contributed by atoms with E-state index < -0.39 is 0 Å². The van der Waals surface area contributed by atoms with E-state index in [9.17, 15) is 9.59 Å². The topological polar surface area (TPSA) is 75.2 Å². The maximum absolute atomic E-state index is 13.0. The highest BCUT2D eigenvalue weighted by Gasteiger charge is 2.25. The summed E-state index contributed by atoms with van der Waals surface area (Å²) in [6.07, 6.45) is 5.94. The fraction of sp³-hybridized carbons (Fsp3) is 0.238. The minimum Gasteiger partial charge on any atom is -0.348 e. The third-order valence-electron chi connectivity index (χ3n) is 4.93. The van der Waals surface area contributed by atoms with Gasteiger partial charge in [0.2, 0.25) is 0 Å². The van der Waals surface area contributed by atoms with Gasteiger partial charge in [0.1, 0.15) is 5.69 Å². The molecule has 4 rings (SSSR count). The summed E-state index contributed by atoms with van der Waals surface area (Å²) in [5.74, 6) is -0.174. The Hall–Kier alpha value is -3.28. The molecule has 1 fully saturated rings. The minimum absolute atomic E-state index is 0.0380. The van der Waals surface area contributed by atoms with Crippen LogP contribution in [0.4, 0.5) is 0 Å². The van der Waals surface area contributed by atoms with Crippen molar-refractivity contribution in [3.05, 3.63) is 72.3 Å². The van der Waals surface area contributed by atoms with Gasteiger partial charge in [-0.25, -0.2) is 4.98 Å². The molecule has 0 aliphatic carbocycles. The third-order valence-corrected chi connectivity index (χ3v) is 4.93. The molecular formula is C21H20N4O2. The third kappa shape index (κ3) is 3.65. The van der Waals surface area contributed by atoms with Crippen molar-refractivity contribution in [1.82, 2.24) is 20.2 Å². The number of aromatic nitrogens is 2. The molecule has 0 saturated carbocycles. The Bertz CT molecular complexity index is 961. The number of hydrogen-bond acceptors (Lipinski definition) is 4. The first kappa shape index (κ1) is 17.1. The summed E-state index contributed by atoms with van der Waals surface area (Å²) in [7, 11) is 0. The Balaban J connectivity index is 1.40. The second-order valence-corrected chi connectivity index (χ2v) is 6.66. The van der Waals surface area contributed by atoms with Gasteiger partial charge in [-0.05, 0) is 29.7 Å². The molecule has 1 aliphatic heterocycles. The van der Waals surface area contributed by atoms with Gasteiger partial charge in [0.15, 0.2) is 0 Å². The van der Waals surface area contributed by atoms with E-state index in [1.165, 1.54) is 18.6 Å². The van der Waals surface area contributed by atoms with E-state index in [4.69, 9.17) is 0 Å². The van der Waals surface area contributed by atoms with Crippen LogP contribution in [0.5, 0.6) is 0 Å². The van der Waals surface area contributed by atoms with Crippen LogP contribution in [0.1, 0.15) is 33.7 Å². The molecule has 1 N–H and O–H groups in total. The van der Waals surface area contributed by atoms with Gasteiger partial charge in [0.25, 0.3) is 11.8 Å². The van der Waals surface area contributed by atoms with Gasteiger partial charge in [-0.2, -0.15) is 0 Å². The molecule has 136 valence electrons. The lowest BCUT2D eigenvalue weighted by molar-refractivity contribution is 0.0699. The first-order valence-corrected chi connectivity index (χ1v) is 9.06. The summed E-state index contributed by atoms with van der Waals surface area (Å²) in [4.78, 5) is 35.0. The van der Waals surface area contributed by atoms with E-state index in [1.54, 1.807) is 0 Å². The number of nitrogens with zero attached hydrogens (tertiary/aromatic N) is 3. The largest absolute Gasteiger partial charge is 0.348 e. The molecule has 27 heavy (non-hydrogen) atoms. The molecule has 0 radical (unpaired) electrons. The van der Waals surface area contributed by atoms with E-state index in [0.717, 1.165) is 29.2 Å². The number of fused-ring (bicyclic) bond motifs is 1. The second kappa shape index (κ2) is 7.53. The zero-order valence-corrected chi connectivity index (χ0v) is 14.8. The van der Waals surface area contributed by atoms with Gasteiger partial charge in [-0.1, -0.05) is 36.4 Å². The van der Waals surface area contributed by atoms with Gasteiger partial charge in [-0.15, -0.1) is 0 Å². The molecule has 2 heterocycles. The number of amides is 2. The Labute approximate surface area is 157 Å². The number of benzene rings is 2. The summed E-state index contributed by atoms with van der Waals surface area (Å²) in [5, 5.41) is 5.02. The zero-order chi connectivity index (χ0) is 18.6. The molecule has 6 nitrogen and oxygen atoms in total. The first-order valence-electron chi connectivity index (χ1n) is 9.06. The van der Waals surface area contributed by atoms with Crippen molar-refractivity contribution < 1.29 is 9.59 Å². The maximum Gasteiger partial charge on any atom is 0.271 e. The lowest BCUT2D eigenvalue weighted by atomic mass is 10.0. The lowest BCUT2D eigenvalue weighted by Crippen LogP contribution is -2.46. The molecular weight excluding hydrogens is 340 g/mol. The summed E-state index contributed by atoms with van der Waals surface area (Å²) in [6, 6.07) is 13.8. The number of carbonyl (C=O) groups is 2. The molecule has 1 aliphatic rings. The molecule has 1 aromatic heterocycles. The fourth-order valence-electron chi connectivity index (χ4n) is 3.48. The highest BCUT2D eigenvalue weighted by Crippen LogP contribution is 2.22. The van der Waals surface area contributed by atoms with Gasteiger partial charge in [-0.3, -0.25) is 14.6 Å². The summed E-state index contributed by atoms with van der Waals surface area (Å²) >= 11 is 0. The van der Waals surface area contributed by atoms with Crippen LogP contribution in [0.15, 0.2) is 61.1 Å². The number of rotatable bonds is 3.